The van der Waals surface area contributed by atoms with Gasteiger partial charge in [0.2, 0.25) is 0 Å². The zero-order chi connectivity index (χ0) is 19.8. The van der Waals surface area contributed by atoms with Crippen molar-refractivity contribution in [2.24, 2.45) is 0 Å². The maximum atomic E-state index is 13.0. The van der Waals surface area contributed by atoms with Gasteiger partial charge in [0.15, 0.2) is 11.5 Å². The molecule has 0 aliphatic rings. The van der Waals surface area contributed by atoms with E-state index in [0.717, 1.165) is 29.7 Å². The summed E-state index contributed by atoms with van der Waals surface area (Å²) in [6, 6.07) is 20.2. The monoisotopic (exact) mass is 399 g/mol. The molecule has 3 aromatic carbocycles. The zero-order valence-corrected chi connectivity index (χ0v) is 16.5. The molecule has 0 saturated carbocycles. The van der Waals surface area contributed by atoms with Crippen molar-refractivity contribution in [3.8, 4) is 11.5 Å². The first kappa shape index (κ1) is 20.2. The number of hydrogen-bond acceptors (Lipinski definition) is 3. The molecule has 3 rings (SSSR count). The Morgan fingerprint density at radius 2 is 1.71 bits per heavy atom. The quantitative estimate of drug-likeness (QED) is 0.489. The van der Waals surface area contributed by atoms with Crippen LogP contribution in [-0.4, -0.2) is 13.7 Å². The summed E-state index contributed by atoms with van der Waals surface area (Å²) in [6.07, 6.45) is 0.804. The molecule has 3 nitrogen and oxygen atoms in total. The van der Waals surface area contributed by atoms with Gasteiger partial charge in [-0.15, -0.1) is 0 Å². The lowest BCUT2D eigenvalue weighted by Gasteiger charge is -2.16. The molecule has 0 aliphatic carbocycles. The fraction of sp³-hybridized carbons (Fsp3) is 0.217. The summed E-state index contributed by atoms with van der Waals surface area (Å²) in [5, 5.41) is 3.99. The SMILES string of the molecule is COc1cc(Cl)cc(CNCCc2ccc(F)cc2)c1OCc1ccccc1. The van der Waals surface area contributed by atoms with Crippen molar-refractivity contribution in [2.45, 2.75) is 19.6 Å². The molecule has 0 heterocycles. The molecule has 3 aromatic rings. The average molecular weight is 400 g/mol. The Morgan fingerprint density at radius 3 is 2.43 bits per heavy atom. The van der Waals surface area contributed by atoms with Crippen LogP contribution in [0, 0.1) is 5.82 Å². The lowest BCUT2D eigenvalue weighted by atomic mass is 10.1. The van der Waals surface area contributed by atoms with Gasteiger partial charge in [-0.2, -0.15) is 0 Å². The van der Waals surface area contributed by atoms with Gasteiger partial charge in [-0.3, -0.25) is 0 Å². The topological polar surface area (TPSA) is 30.5 Å². The summed E-state index contributed by atoms with van der Waals surface area (Å²) < 4.78 is 24.5. The van der Waals surface area contributed by atoms with E-state index in [2.05, 4.69) is 5.32 Å². The largest absolute Gasteiger partial charge is 0.493 e. The van der Waals surface area contributed by atoms with Crippen LogP contribution < -0.4 is 14.8 Å². The Hall–Kier alpha value is -2.56. The van der Waals surface area contributed by atoms with Crippen LogP contribution in [0.1, 0.15) is 16.7 Å². The van der Waals surface area contributed by atoms with Crippen LogP contribution in [0.2, 0.25) is 5.02 Å². The lowest BCUT2D eigenvalue weighted by Crippen LogP contribution is -2.17. The van der Waals surface area contributed by atoms with Gasteiger partial charge in [0.1, 0.15) is 12.4 Å². The van der Waals surface area contributed by atoms with Crippen LogP contribution in [-0.2, 0) is 19.6 Å². The third kappa shape index (κ3) is 5.72. The molecule has 0 amide bonds. The van der Waals surface area contributed by atoms with E-state index in [1.807, 2.05) is 36.4 Å². The maximum absolute atomic E-state index is 13.0. The Labute approximate surface area is 170 Å². The molecule has 0 aliphatic heterocycles. The van der Waals surface area contributed by atoms with E-state index in [1.165, 1.54) is 12.1 Å². The van der Waals surface area contributed by atoms with Crippen molar-refractivity contribution in [2.75, 3.05) is 13.7 Å². The standard InChI is InChI=1S/C23H23ClFNO2/c1-27-22-14-20(24)13-19(23(22)28-16-18-5-3-2-4-6-18)15-26-12-11-17-7-9-21(25)10-8-17/h2-10,13-14,26H,11-12,15-16H2,1H3. The van der Waals surface area contributed by atoms with Crippen LogP contribution >= 0.6 is 11.6 Å². The first-order chi connectivity index (χ1) is 13.7. The van der Waals surface area contributed by atoms with Gasteiger partial charge in [-0.25, -0.2) is 4.39 Å². The van der Waals surface area contributed by atoms with Crippen LogP contribution in [0.5, 0.6) is 11.5 Å². The van der Waals surface area contributed by atoms with E-state index in [9.17, 15) is 4.39 Å². The minimum Gasteiger partial charge on any atom is -0.493 e. The second kappa shape index (κ2) is 10.1. The molecule has 28 heavy (non-hydrogen) atoms. The summed E-state index contributed by atoms with van der Waals surface area (Å²) in [5.74, 6) is 1.08. The summed E-state index contributed by atoms with van der Waals surface area (Å²) in [6.45, 7) is 1.78. The third-order valence-electron chi connectivity index (χ3n) is 4.36. The van der Waals surface area contributed by atoms with Gasteiger partial charge in [-0.05, 0) is 42.3 Å². The highest BCUT2D eigenvalue weighted by molar-refractivity contribution is 6.30. The van der Waals surface area contributed by atoms with Gasteiger partial charge >= 0.3 is 0 Å². The fourth-order valence-electron chi connectivity index (χ4n) is 2.91. The van der Waals surface area contributed by atoms with Crippen molar-refractivity contribution in [1.82, 2.24) is 5.32 Å². The van der Waals surface area contributed by atoms with E-state index in [-0.39, 0.29) is 5.82 Å². The van der Waals surface area contributed by atoms with Gasteiger partial charge in [0.25, 0.3) is 0 Å². The molecule has 0 fully saturated rings. The first-order valence-corrected chi connectivity index (χ1v) is 9.52. The molecule has 0 bridgehead atoms. The maximum Gasteiger partial charge on any atom is 0.166 e. The van der Waals surface area contributed by atoms with Crippen molar-refractivity contribution in [1.29, 1.82) is 0 Å². The molecule has 0 unspecified atom stereocenters. The van der Waals surface area contributed by atoms with E-state index in [0.29, 0.717) is 29.7 Å². The molecule has 146 valence electrons. The number of hydrogen-bond donors (Lipinski definition) is 1. The van der Waals surface area contributed by atoms with E-state index < -0.39 is 0 Å². The number of halogens is 2. The second-order valence-corrected chi connectivity index (χ2v) is 6.86. The van der Waals surface area contributed by atoms with Gasteiger partial charge < -0.3 is 14.8 Å². The van der Waals surface area contributed by atoms with E-state index in [4.69, 9.17) is 21.1 Å². The Kier molecular flexibility index (Phi) is 7.29. The molecule has 0 radical (unpaired) electrons. The van der Waals surface area contributed by atoms with Crippen LogP contribution in [0.3, 0.4) is 0 Å². The van der Waals surface area contributed by atoms with Gasteiger partial charge in [-0.1, -0.05) is 54.1 Å². The third-order valence-corrected chi connectivity index (χ3v) is 4.58. The second-order valence-electron chi connectivity index (χ2n) is 6.42. The highest BCUT2D eigenvalue weighted by atomic mass is 35.5. The highest BCUT2D eigenvalue weighted by Crippen LogP contribution is 2.35. The molecule has 5 heteroatoms. The van der Waals surface area contributed by atoms with Crippen LogP contribution in [0.4, 0.5) is 4.39 Å². The number of methoxy groups -OCH3 is 1. The predicted molar refractivity (Wildman–Crippen MR) is 111 cm³/mol. The Morgan fingerprint density at radius 1 is 0.964 bits per heavy atom. The minimum atomic E-state index is -0.220. The Bertz CT molecular complexity index is 885. The molecule has 0 spiro atoms. The van der Waals surface area contributed by atoms with E-state index >= 15 is 0 Å². The molecule has 0 atom stereocenters. The predicted octanol–water partition coefficient (Wildman–Crippen LogP) is 5.40. The summed E-state index contributed by atoms with van der Waals surface area (Å²) in [4.78, 5) is 0. The summed E-state index contributed by atoms with van der Waals surface area (Å²) >= 11 is 6.24. The summed E-state index contributed by atoms with van der Waals surface area (Å²) in [7, 11) is 1.60. The number of nitrogens with one attached hydrogen (secondary N) is 1. The molecular formula is C23H23ClFNO2. The normalized spacial score (nSPS) is 10.7. The Balaban J connectivity index is 1.64. The number of rotatable bonds is 9. The van der Waals surface area contributed by atoms with Crippen molar-refractivity contribution >= 4 is 11.6 Å². The van der Waals surface area contributed by atoms with Gasteiger partial charge in [0, 0.05) is 23.2 Å². The first-order valence-electron chi connectivity index (χ1n) is 9.14. The van der Waals surface area contributed by atoms with Crippen molar-refractivity contribution in [3.63, 3.8) is 0 Å². The van der Waals surface area contributed by atoms with Crippen molar-refractivity contribution < 1.29 is 13.9 Å². The highest BCUT2D eigenvalue weighted by Gasteiger charge is 2.13. The van der Waals surface area contributed by atoms with E-state index in [1.54, 1.807) is 25.3 Å². The lowest BCUT2D eigenvalue weighted by molar-refractivity contribution is 0.280. The molecular weight excluding hydrogens is 377 g/mol. The average Bonchev–Trinajstić information content (AvgIpc) is 2.72. The smallest absolute Gasteiger partial charge is 0.166 e. The van der Waals surface area contributed by atoms with Crippen molar-refractivity contribution in [3.05, 3.63) is 94.3 Å². The molecule has 1 N–H and O–H groups in total. The number of benzene rings is 3. The van der Waals surface area contributed by atoms with Crippen LogP contribution in [0.25, 0.3) is 0 Å². The molecule has 0 aromatic heterocycles. The number of ether oxygens (including phenoxy) is 2. The zero-order valence-electron chi connectivity index (χ0n) is 15.8. The van der Waals surface area contributed by atoms with Crippen LogP contribution in [0.15, 0.2) is 66.7 Å². The molecule has 0 saturated heterocycles. The summed E-state index contributed by atoms with van der Waals surface area (Å²) in [5.41, 5.74) is 3.09. The minimum absolute atomic E-state index is 0.220. The van der Waals surface area contributed by atoms with Gasteiger partial charge in [0.05, 0.1) is 7.11 Å². The fourth-order valence-corrected chi connectivity index (χ4v) is 3.14.